The molecule has 3 heterocycles. The molecule has 0 saturated carbocycles. The van der Waals surface area contributed by atoms with Crippen molar-refractivity contribution in [1.29, 1.82) is 0 Å². The lowest BCUT2D eigenvalue weighted by atomic mass is 10.1. The first-order valence-corrected chi connectivity index (χ1v) is 9.45. The predicted octanol–water partition coefficient (Wildman–Crippen LogP) is 3.28. The number of pyridine rings is 1. The highest BCUT2D eigenvalue weighted by molar-refractivity contribution is 6.30. The molecule has 1 fully saturated rings. The van der Waals surface area contributed by atoms with Crippen LogP contribution in [-0.2, 0) is 11.2 Å². The Kier molecular flexibility index (Phi) is 8.16. The van der Waals surface area contributed by atoms with Gasteiger partial charge in [-0.1, -0.05) is 23.7 Å². The highest BCUT2D eigenvalue weighted by atomic mass is 35.5. The number of H-pyrrole nitrogens is 1. The van der Waals surface area contributed by atoms with E-state index in [2.05, 4.69) is 14.9 Å². The second kappa shape index (κ2) is 10.2. The predicted molar refractivity (Wildman–Crippen MR) is 123 cm³/mol. The third kappa shape index (κ3) is 5.14. The van der Waals surface area contributed by atoms with E-state index in [1.807, 2.05) is 53.7 Å². The van der Waals surface area contributed by atoms with Gasteiger partial charge in [0.1, 0.15) is 5.65 Å². The number of carbonyl (C=O) groups is 1. The van der Waals surface area contributed by atoms with Gasteiger partial charge in [0.2, 0.25) is 5.91 Å². The monoisotopic (exact) mass is 455 g/mol. The number of hydrogen-bond acceptors (Lipinski definition) is 4. The lowest BCUT2D eigenvalue weighted by molar-refractivity contribution is -0.132. The van der Waals surface area contributed by atoms with E-state index < -0.39 is 6.04 Å². The molecule has 1 saturated heterocycles. The van der Waals surface area contributed by atoms with Crippen molar-refractivity contribution in [1.82, 2.24) is 14.9 Å². The number of carbonyl (C=O) groups excluding carboxylic acids is 1. The van der Waals surface area contributed by atoms with E-state index in [1.54, 1.807) is 0 Å². The van der Waals surface area contributed by atoms with Gasteiger partial charge in [-0.2, -0.15) is 0 Å². The number of rotatable bonds is 4. The molecule has 3 N–H and O–H groups in total. The van der Waals surface area contributed by atoms with Crippen molar-refractivity contribution in [2.24, 2.45) is 5.73 Å². The van der Waals surface area contributed by atoms with Crippen molar-refractivity contribution in [3.05, 3.63) is 59.4 Å². The standard InChI is InChI=1S/C20H22ClN5O.2ClH/c21-15-3-1-14(2-4-15)13-17(22)20(27)26-11-9-25(10-12-26)18-6-8-24-19-16(18)5-7-23-19;;/h1-8,17H,9-13,22H2,(H,23,24);2*1H/t17-;;/m1../s1. The van der Waals surface area contributed by atoms with Gasteiger partial charge in [0.25, 0.3) is 0 Å². The maximum Gasteiger partial charge on any atom is 0.239 e. The molecule has 1 aliphatic heterocycles. The summed E-state index contributed by atoms with van der Waals surface area (Å²) in [7, 11) is 0. The number of benzene rings is 1. The maximum absolute atomic E-state index is 12.7. The fraction of sp³-hybridized carbons (Fsp3) is 0.300. The van der Waals surface area contributed by atoms with Crippen LogP contribution >= 0.6 is 36.4 Å². The van der Waals surface area contributed by atoms with Crippen LogP contribution in [-0.4, -0.2) is 53.0 Å². The minimum absolute atomic E-state index is 0. The van der Waals surface area contributed by atoms with Gasteiger partial charge in [-0.3, -0.25) is 4.79 Å². The van der Waals surface area contributed by atoms with Crippen LogP contribution in [0.1, 0.15) is 5.56 Å². The Morgan fingerprint density at radius 3 is 2.48 bits per heavy atom. The Bertz CT molecular complexity index is 939. The Morgan fingerprint density at radius 1 is 1.10 bits per heavy atom. The molecule has 1 amide bonds. The van der Waals surface area contributed by atoms with Gasteiger partial charge >= 0.3 is 0 Å². The summed E-state index contributed by atoms with van der Waals surface area (Å²) in [6, 6.07) is 11.0. The van der Waals surface area contributed by atoms with Gasteiger partial charge in [0.05, 0.1) is 6.04 Å². The number of fused-ring (bicyclic) bond motifs is 1. The fourth-order valence-corrected chi connectivity index (χ4v) is 3.71. The molecule has 1 aromatic carbocycles. The normalized spacial score (nSPS) is 14.8. The molecule has 0 radical (unpaired) electrons. The zero-order valence-electron chi connectivity index (χ0n) is 15.8. The van der Waals surface area contributed by atoms with E-state index in [-0.39, 0.29) is 30.7 Å². The van der Waals surface area contributed by atoms with Crippen LogP contribution in [0.25, 0.3) is 11.0 Å². The third-order valence-electron chi connectivity index (χ3n) is 5.06. The summed E-state index contributed by atoms with van der Waals surface area (Å²) in [6.45, 7) is 2.90. The van der Waals surface area contributed by atoms with E-state index >= 15 is 0 Å². The summed E-state index contributed by atoms with van der Waals surface area (Å²) < 4.78 is 0. The summed E-state index contributed by atoms with van der Waals surface area (Å²) in [4.78, 5) is 24.4. The zero-order valence-corrected chi connectivity index (χ0v) is 18.1. The number of anilines is 1. The Hall–Kier alpha value is -1.99. The molecule has 0 spiro atoms. The number of nitrogens with two attached hydrogens (primary N) is 1. The first kappa shape index (κ1) is 23.3. The SMILES string of the molecule is Cl.Cl.N[C@H](Cc1ccc(Cl)cc1)C(=O)N1CCN(c2ccnc3[nH]ccc23)CC1. The third-order valence-corrected chi connectivity index (χ3v) is 5.31. The van der Waals surface area contributed by atoms with Gasteiger partial charge in [0, 0.05) is 54.7 Å². The zero-order chi connectivity index (χ0) is 18.8. The number of aromatic nitrogens is 2. The minimum Gasteiger partial charge on any atom is -0.367 e. The molecule has 0 unspecified atom stereocenters. The molecule has 1 aliphatic rings. The Balaban J connectivity index is 0.00000150. The molecule has 1 atom stereocenters. The van der Waals surface area contributed by atoms with Crippen LogP contribution in [0.4, 0.5) is 5.69 Å². The van der Waals surface area contributed by atoms with Crippen molar-refractivity contribution >= 4 is 59.0 Å². The fourth-order valence-electron chi connectivity index (χ4n) is 3.59. The lowest BCUT2D eigenvalue weighted by Crippen LogP contribution is -2.53. The summed E-state index contributed by atoms with van der Waals surface area (Å²) in [5.74, 6) is 0.00567. The quantitative estimate of drug-likeness (QED) is 0.631. The topological polar surface area (TPSA) is 78.2 Å². The minimum atomic E-state index is -0.532. The van der Waals surface area contributed by atoms with Crippen molar-refractivity contribution in [3.63, 3.8) is 0 Å². The first-order chi connectivity index (χ1) is 13.1. The Labute approximate surface area is 187 Å². The van der Waals surface area contributed by atoms with Crippen LogP contribution < -0.4 is 10.6 Å². The van der Waals surface area contributed by atoms with Gasteiger partial charge < -0.3 is 20.5 Å². The van der Waals surface area contributed by atoms with Crippen molar-refractivity contribution in [2.75, 3.05) is 31.1 Å². The van der Waals surface area contributed by atoms with E-state index in [1.165, 1.54) is 0 Å². The van der Waals surface area contributed by atoms with Crippen molar-refractivity contribution < 1.29 is 4.79 Å². The molecule has 156 valence electrons. The number of hydrogen-bond donors (Lipinski definition) is 2. The molecule has 9 heteroatoms. The average Bonchev–Trinajstić information content (AvgIpc) is 3.18. The average molecular weight is 457 g/mol. The van der Waals surface area contributed by atoms with Gasteiger partial charge in [-0.25, -0.2) is 4.98 Å². The van der Waals surface area contributed by atoms with Crippen LogP contribution in [0.15, 0.2) is 48.8 Å². The van der Waals surface area contributed by atoms with Gasteiger partial charge in [0.15, 0.2) is 0 Å². The number of nitrogens with one attached hydrogen (secondary N) is 1. The number of aromatic amines is 1. The molecular formula is C20H24Cl3N5O. The van der Waals surface area contributed by atoms with Crippen LogP contribution in [0.2, 0.25) is 5.02 Å². The summed E-state index contributed by atoms with van der Waals surface area (Å²) in [5.41, 5.74) is 9.23. The van der Waals surface area contributed by atoms with Crippen molar-refractivity contribution in [2.45, 2.75) is 12.5 Å². The molecular weight excluding hydrogens is 433 g/mol. The number of piperazine rings is 1. The molecule has 3 aromatic rings. The first-order valence-electron chi connectivity index (χ1n) is 9.07. The number of nitrogens with zero attached hydrogens (tertiary/aromatic N) is 3. The molecule has 0 bridgehead atoms. The summed E-state index contributed by atoms with van der Waals surface area (Å²) in [5, 5.41) is 1.79. The molecule has 4 rings (SSSR count). The summed E-state index contributed by atoms with van der Waals surface area (Å²) in [6.07, 6.45) is 4.23. The molecule has 6 nitrogen and oxygen atoms in total. The highest BCUT2D eigenvalue weighted by Crippen LogP contribution is 2.25. The molecule has 29 heavy (non-hydrogen) atoms. The van der Waals surface area contributed by atoms with Crippen LogP contribution in [0.3, 0.4) is 0 Å². The second-order valence-corrected chi connectivity index (χ2v) is 7.26. The van der Waals surface area contributed by atoms with Crippen molar-refractivity contribution in [3.8, 4) is 0 Å². The number of amides is 1. The second-order valence-electron chi connectivity index (χ2n) is 6.82. The molecule has 2 aromatic heterocycles. The van der Waals surface area contributed by atoms with Crippen LogP contribution in [0.5, 0.6) is 0 Å². The highest BCUT2D eigenvalue weighted by Gasteiger charge is 2.26. The van der Waals surface area contributed by atoms with Crippen LogP contribution in [0, 0.1) is 0 Å². The smallest absolute Gasteiger partial charge is 0.239 e. The Morgan fingerprint density at radius 2 is 1.79 bits per heavy atom. The van der Waals surface area contributed by atoms with E-state index in [4.69, 9.17) is 17.3 Å². The van der Waals surface area contributed by atoms with E-state index in [9.17, 15) is 4.79 Å². The summed E-state index contributed by atoms with van der Waals surface area (Å²) >= 11 is 5.91. The van der Waals surface area contributed by atoms with E-state index in [0.29, 0.717) is 24.5 Å². The lowest BCUT2D eigenvalue weighted by Gasteiger charge is -2.37. The van der Waals surface area contributed by atoms with Gasteiger partial charge in [-0.05, 0) is 36.2 Å². The van der Waals surface area contributed by atoms with Gasteiger partial charge in [-0.15, -0.1) is 24.8 Å². The van der Waals surface area contributed by atoms with E-state index in [0.717, 1.165) is 35.4 Å². The molecule has 0 aliphatic carbocycles. The largest absolute Gasteiger partial charge is 0.367 e. The maximum atomic E-state index is 12.7. The number of halogens is 3.